The molecule has 0 bridgehead atoms. The average molecular weight is 615 g/mol. The lowest BCUT2D eigenvalue weighted by Crippen LogP contribution is -2.54. The molecule has 1 aliphatic carbocycles. The first-order valence-corrected chi connectivity index (χ1v) is 16.2. The SMILES string of the molecule is Cc1onc(NS(=O)(=O)c2ccccc2-c2ccc(CN(C(=O)C3CCCC3)[C@H](C(=O)NC(C)C)C(C)C)cc2)c1Cl. The van der Waals surface area contributed by atoms with Gasteiger partial charge in [-0.25, -0.2) is 8.42 Å². The molecule has 9 nitrogen and oxygen atoms in total. The second-order valence-electron chi connectivity index (χ2n) is 11.5. The zero-order valence-corrected chi connectivity index (χ0v) is 26.3. The van der Waals surface area contributed by atoms with Crippen molar-refractivity contribution < 1.29 is 22.5 Å². The van der Waals surface area contributed by atoms with E-state index in [-0.39, 0.29) is 52.0 Å². The molecule has 1 saturated carbocycles. The molecule has 0 saturated heterocycles. The van der Waals surface area contributed by atoms with Crippen molar-refractivity contribution in [2.45, 2.75) is 83.8 Å². The summed E-state index contributed by atoms with van der Waals surface area (Å²) in [5, 5.41) is 6.80. The second-order valence-corrected chi connectivity index (χ2v) is 13.5. The molecule has 1 atom stereocenters. The fraction of sp³-hybridized carbons (Fsp3) is 0.452. The van der Waals surface area contributed by atoms with Crippen molar-refractivity contribution in [3.05, 3.63) is 64.9 Å². The third kappa shape index (κ3) is 7.15. The number of carbonyl (C=O) groups is 2. The number of carbonyl (C=O) groups excluding carboxylic acids is 2. The summed E-state index contributed by atoms with van der Waals surface area (Å²) in [6.45, 7) is 9.60. The Hall–Kier alpha value is -3.37. The number of benzene rings is 2. The maximum absolute atomic E-state index is 13.8. The highest BCUT2D eigenvalue weighted by Gasteiger charge is 2.37. The van der Waals surface area contributed by atoms with Gasteiger partial charge < -0.3 is 14.7 Å². The summed E-state index contributed by atoms with van der Waals surface area (Å²) >= 11 is 6.13. The van der Waals surface area contributed by atoms with Gasteiger partial charge in [-0.05, 0) is 56.7 Å². The lowest BCUT2D eigenvalue weighted by Gasteiger charge is -2.35. The van der Waals surface area contributed by atoms with Crippen LogP contribution >= 0.6 is 11.6 Å². The van der Waals surface area contributed by atoms with Crippen molar-refractivity contribution in [2.24, 2.45) is 11.8 Å². The number of sulfonamides is 1. The van der Waals surface area contributed by atoms with Crippen molar-refractivity contribution >= 4 is 39.3 Å². The lowest BCUT2D eigenvalue weighted by molar-refractivity contribution is -0.146. The molecule has 2 aromatic carbocycles. The van der Waals surface area contributed by atoms with E-state index in [4.69, 9.17) is 16.1 Å². The first-order valence-electron chi connectivity index (χ1n) is 14.3. The van der Waals surface area contributed by atoms with Gasteiger partial charge in [-0.1, -0.05) is 85.9 Å². The second kappa shape index (κ2) is 13.3. The molecule has 2 amide bonds. The highest BCUT2D eigenvalue weighted by atomic mass is 35.5. The maximum atomic E-state index is 13.8. The first-order chi connectivity index (χ1) is 19.9. The van der Waals surface area contributed by atoms with Gasteiger partial charge in [-0.15, -0.1) is 0 Å². The summed E-state index contributed by atoms with van der Waals surface area (Å²) in [5.41, 5.74) is 2.01. The van der Waals surface area contributed by atoms with Crippen LogP contribution in [-0.4, -0.2) is 42.4 Å². The van der Waals surface area contributed by atoms with E-state index in [2.05, 4.69) is 15.2 Å². The van der Waals surface area contributed by atoms with Gasteiger partial charge in [0.05, 0.1) is 4.90 Å². The fourth-order valence-corrected chi connectivity index (χ4v) is 6.84. The van der Waals surface area contributed by atoms with Crippen molar-refractivity contribution in [2.75, 3.05) is 4.72 Å². The quantitative estimate of drug-likeness (QED) is 0.266. The zero-order valence-electron chi connectivity index (χ0n) is 24.7. The van der Waals surface area contributed by atoms with E-state index in [0.717, 1.165) is 31.2 Å². The van der Waals surface area contributed by atoms with Crippen molar-refractivity contribution in [1.82, 2.24) is 15.4 Å². The van der Waals surface area contributed by atoms with Crippen LogP contribution in [0.1, 0.15) is 64.7 Å². The Kier molecular flexibility index (Phi) is 9.99. The Morgan fingerprint density at radius 2 is 1.69 bits per heavy atom. The molecule has 1 fully saturated rings. The molecule has 2 N–H and O–H groups in total. The van der Waals surface area contributed by atoms with Gasteiger partial charge >= 0.3 is 0 Å². The van der Waals surface area contributed by atoms with Gasteiger partial charge in [0.1, 0.15) is 11.1 Å². The van der Waals surface area contributed by atoms with Crippen LogP contribution < -0.4 is 10.0 Å². The van der Waals surface area contributed by atoms with Gasteiger partial charge in [0, 0.05) is 24.1 Å². The van der Waals surface area contributed by atoms with Crippen LogP contribution in [0.4, 0.5) is 5.82 Å². The number of amides is 2. The van der Waals surface area contributed by atoms with Crippen LogP contribution in [0.15, 0.2) is 57.9 Å². The number of hydrogen-bond donors (Lipinski definition) is 2. The topological polar surface area (TPSA) is 122 Å². The Morgan fingerprint density at radius 3 is 2.26 bits per heavy atom. The minimum atomic E-state index is -4.05. The van der Waals surface area contributed by atoms with Gasteiger partial charge in [-0.2, -0.15) is 0 Å². The van der Waals surface area contributed by atoms with Gasteiger partial charge in [0.25, 0.3) is 10.0 Å². The number of nitrogens with one attached hydrogen (secondary N) is 2. The van der Waals surface area contributed by atoms with Crippen LogP contribution in [0.2, 0.25) is 5.02 Å². The van der Waals surface area contributed by atoms with E-state index in [0.29, 0.717) is 16.9 Å². The fourth-order valence-electron chi connectivity index (χ4n) is 5.43. The molecule has 42 heavy (non-hydrogen) atoms. The Labute approximate surface area is 253 Å². The zero-order chi connectivity index (χ0) is 30.6. The maximum Gasteiger partial charge on any atom is 0.263 e. The minimum absolute atomic E-state index is 0.0125. The largest absolute Gasteiger partial charge is 0.358 e. The summed E-state index contributed by atoms with van der Waals surface area (Å²) in [5.74, 6) is -0.0768. The summed E-state index contributed by atoms with van der Waals surface area (Å²) in [4.78, 5) is 28.8. The number of aromatic nitrogens is 1. The van der Waals surface area contributed by atoms with Gasteiger partial charge in [-0.3, -0.25) is 14.3 Å². The molecular weight excluding hydrogens is 576 g/mol. The molecule has 1 aliphatic rings. The number of halogens is 1. The number of aryl methyl sites for hydroxylation is 1. The van der Waals surface area contributed by atoms with E-state index in [9.17, 15) is 18.0 Å². The average Bonchev–Trinajstić information content (AvgIpc) is 3.58. The molecule has 0 unspecified atom stereocenters. The molecule has 226 valence electrons. The third-order valence-corrected chi connectivity index (χ3v) is 9.31. The predicted octanol–water partition coefficient (Wildman–Crippen LogP) is 6.17. The summed E-state index contributed by atoms with van der Waals surface area (Å²) in [6.07, 6.45) is 3.71. The minimum Gasteiger partial charge on any atom is -0.358 e. The summed E-state index contributed by atoms with van der Waals surface area (Å²) in [6, 6.07) is 13.4. The molecule has 11 heteroatoms. The molecule has 0 spiro atoms. The summed E-state index contributed by atoms with van der Waals surface area (Å²) in [7, 11) is -4.05. The standard InChI is InChI=1S/C31H39ClN4O5S/c1-19(2)28(30(37)33-20(3)4)36(31(38)24-10-6-7-11-24)18-22-14-16-23(17-15-22)25-12-8-9-13-26(25)42(39,40)35-29-27(32)21(5)41-34-29/h8-9,12-17,19-20,24,28H,6-7,10-11,18H2,1-5H3,(H,33,37)(H,34,35)/t28-/m0/s1. The van der Waals surface area contributed by atoms with Crippen LogP contribution in [-0.2, 0) is 26.2 Å². The predicted molar refractivity (Wildman–Crippen MR) is 163 cm³/mol. The van der Waals surface area contributed by atoms with E-state index >= 15 is 0 Å². The molecule has 0 radical (unpaired) electrons. The molecule has 0 aliphatic heterocycles. The molecule has 4 rings (SSSR count). The van der Waals surface area contributed by atoms with Crippen LogP contribution in [0.25, 0.3) is 11.1 Å². The highest BCUT2D eigenvalue weighted by molar-refractivity contribution is 7.92. The smallest absolute Gasteiger partial charge is 0.263 e. The van der Waals surface area contributed by atoms with Crippen LogP contribution in [0.5, 0.6) is 0 Å². The number of hydrogen-bond acceptors (Lipinski definition) is 6. The van der Waals surface area contributed by atoms with Crippen LogP contribution in [0, 0.1) is 18.8 Å². The van der Waals surface area contributed by atoms with Gasteiger partial charge in [0.15, 0.2) is 5.76 Å². The molecule has 1 heterocycles. The van der Waals surface area contributed by atoms with Crippen molar-refractivity contribution in [3.8, 4) is 11.1 Å². The van der Waals surface area contributed by atoms with Crippen molar-refractivity contribution in [3.63, 3.8) is 0 Å². The highest BCUT2D eigenvalue weighted by Crippen LogP contribution is 2.33. The monoisotopic (exact) mass is 614 g/mol. The Bertz CT molecular complexity index is 1510. The van der Waals surface area contributed by atoms with Gasteiger partial charge in [0.2, 0.25) is 17.6 Å². The molecule has 3 aromatic rings. The Balaban J connectivity index is 1.63. The number of rotatable bonds is 11. The summed E-state index contributed by atoms with van der Waals surface area (Å²) < 4.78 is 34.0. The van der Waals surface area contributed by atoms with E-state index in [1.54, 1.807) is 30.0 Å². The van der Waals surface area contributed by atoms with E-state index in [1.807, 2.05) is 52.0 Å². The Morgan fingerprint density at radius 1 is 1.05 bits per heavy atom. The third-order valence-electron chi connectivity index (χ3n) is 7.47. The van der Waals surface area contributed by atoms with Crippen LogP contribution in [0.3, 0.4) is 0 Å². The normalized spacial score (nSPS) is 14.8. The first kappa shape index (κ1) is 31.6. The van der Waals surface area contributed by atoms with Crippen molar-refractivity contribution in [1.29, 1.82) is 0 Å². The van der Waals surface area contributed by atoms with E-state index < -0.39 is 16.1 Å². The lowest BCUT2D eigenvalue weighted by atomic mass is 9.96. The van der Waals surface area contributed by atoms with E-state index in [1.165, 1.54) is 6.07 Å². The molecular formula is C31H39ClN4O5S. The number of anilines is 1. The molecule has 1 aromatic heterocycles. The number of nitrogens with zero attached hydrogens (tertiary/aromatic N) is 2.